The zero-order valence-electron chi connectivity index (χ0n) is 16.4. The maximum atomic E-state index is 12.4. The summed E-state index contributed by atoms with van der Waals surface area (Å²) in [5, 5.41) is 32.6. The van der Waals surface area contributed by atoms with Crippen molar-refractivity contribution in [3.8, 4) is 0 Å². The van der Waals surface area contributed by atoms with Crippen LogP contribution in [0.4, 0.5) is 0 Å². The first-order valence-corrected chi connectivity index (χ1v) is 10.7. The molecule has 3 fully saturated rings. The molecule has 0 aromatic carbocycles. The van der Waals surface area contributed by atoms with Crippen molar-refractivity contribution in [2.45, 2.75) is 94.2 Å². The van der Waals surface area contributed by atoms with Crippen molar-refractivity contribution >= 4 is 11.7 Å². The number of Topliss-reactive ketones (excluding diaryl/α,β-unsaturated/α-hetero) is 1. The molecular weight excluding hydrogens is 362 g/mol. The second kappa shape index (κ2) is 9.48. The fourth-order valence-corrected chi connectivity index (χ4v) is 4.62. The summed E-state index contributed by atoms with van der Waals surface area (Å²) in [4.78, 5) is 24.5. The molecule has 0 aromatic heterocycles. The number of hydrogen-bond donors (Lipinski definition) is 4. The smallest absolute Gasteiger partial charge is 0.243 e. The first kappa shape index (κ1) is 21.4. The molecule has 4 N–H and O–H groups in total. The molecule has 0 aromatic rings. The molecule has 0 radical (unpaired) electrons. The van der Waals surface area contributed by atoms with Crippen molar-refractivity contribution in [1.29, 1.82) is 0 Å². The highest BCUT2D eigenvalue weighted by atomic mass is 16.6. The third-order valence-corrected chi connectivity index (χ3v) is 6.28. The number of epoxide rings is 1. The number of unbranched alkanes of at least 4 members (excludes halogenated alkanes) is 7. The van der Waals surface area contributed by atoms with Gasteiger partial charge in [-0.2, -0.15) is 0 Å². The fourth-order valence-electron chi connectivity index (χ4n) is 4.62. The van der Waals surface area contributed by atoms with Gasteiger partial charge in [-0.15, -0.1) is 0 Å². The summed E-state index contributed by atoms with van der Waals surface area (Å²) in [6.45, 7) is 0.274. The van der Waals surface area contributed by atoms with Crippen molar-refractivity contribution in [2.75, 3.05) is 6.61 Å². The van der Waals surface area contributed by atoms with Crippen LogP contribution in [0.3, 0.4) is 0 Å². The lowest BCUT2D eigenvalue weighted by Gasteiger charge is -2.44. The normalized spacial score (nSPS) is 36.4. The van der Waals surface area contributed by atoms with Gasteiger partial charge in [0.05, 0.1) is 24.2 Å². The van der Waals surface area contributed by atoms with E-state index in [1.165, 1.54) is 12.5 Å². The molecule has 3 aliphatic rings. The predicted molar refractivity (Wildman–Crippen MR) is 102 cm³/mol. The number of carbonyl (C=O) groups excluding carboxylic acids is 2. The van der Waals surface area contributed by atoms with Crippen LogP contribution < -0.4 is 5.32 Å². The predicted octanol–water partition coefficient (Wildman–Crippen LogP) is 0.993. The molecule has 1 aliphatic heterocycles. The minimum atomic E-state index is -1.58. The van der Waals surface area contributed by atoms with Crippen LogP contribution in [-0.2, 0) is 14.3 Å². The summed E-state index contributed by atoms with van der Waals surface area (Å²) in [6.07, 6.45) is 10.5. The minimum Gasteiger partial charge on any atom is -0.396 e. The summed E-state index contributed by atoms with van der Waals surface area (Å²) >= 11 is 0. The third kappa shape index (κ3) is 4.82. The Balaban J connectivity index is 1.35. The van der Waals surface area contributed by atoms with Crippen molar-refractivity contribution in [3.63, 3.8) is 0 Å². The van der Waals surface area contributed by atoms with E-state index in [9.17, 15) is 19.8 Å². The molecule has 0 spiro atoms. The SMILES string of the molecule is O=C(/C=C/CCCCCCCCCO)N[C@H]1C[C@@]2(O)C(=O)[C@H](C[C@@H]3O[C@@H]32)[C@H]1O. The van der Waals surface area contributed by atoms with Crippen LogP contribution >= 0.6 is 0 Å². The van der Waals surface area contributed by atoms with E-state index in [-0.39, 0.29) is 30.8 Å². The summed E-state index contributed by atoms with van der Waals surface area (Å²) < 4.78 is 5.39. The van der Waals surface area contributed by atoms with Crippen LogP contribution in [0.5, 0.6) is 0 Å². The van der Waals surface area contributed by atoms with Crippen molar-refractivity contribution < 1.29 is 29.6 Å². The molecule has 1 saturated heterocycles. The topological polar surface area (TPSA) is 119 Å². The van der Waals surface area contributed by atoms with Gasteiger partial charge < -0.3 is 25.4 Å². The molecule has 7 nitrogen and oxygen atoms in total. The summed E-state index contributed by atoms with van der Waals surface area (Å²) in [5.74, 6) is -1.33. The van der Waals surface area contributed by atoms with Gasteiger partial charge in [0.15, 0.2) is 11.4 Å². The Bertz CT molecular complexity index is 593. The van der Waals surface area contributed by atoms with E-state index < -0.39 is 29.8 Å². The quantitative estimate of drug-likeness (QED) is 0.235. The fraction of sp³-hybridized carbons (Fsp3) is 0.810. The van der Waals surface area contributed by atoms with E-state index in [2.05, 4.69) is 5.32 Å². The molecule has 1 heterocycles. The van der Waals surface area contributed by atoms with Crippen LogP contribution in [0.1, 0.15) is 64.2 Å². The second-order valence-corrected chi connectivity index (χ2v) is 8.43. The van der Waals surface area contributed by atoms with Gasteiger partial charge in [0.1, 0.15) is 6.10 Å². The Labute approximate surface area is 166 Å². The van der Waals surface area contributed by atoms with Gasteiger partial charge in [-0.1, -0.05) is 38.2 Å². The van der Waals surface area contributed by atoms with E-state index in [4.69, 9.17) is 9.84 Å². The molecular formula is C21H33NO6. The van der Waals surface area contributed by atoms with Crippen molar-refractivity contribution in [2.24, 2.45) is 5.92 Å². The van der Waals surface area contributed by atoms with Crippen LogP contribution in [-0.4, -0.2) is 63.6 Å². The number of carbonyl (C=O) groups is 2. The Morgan fingerprint density at radius 1 is 1.18 bits per heavy atom. The molecule has 3 rings (SSSR count). The average Bonchev–Trinajstić information content (AvgIpc) is 3.44. The average molecular weight is 395 g/mol. The molecule has 28 heavy (non-hydrogen) atoms. The van der Waals surface area contributed by atoms with Crippen LogP contribution in [0.15, 0.2) is 12.2 Å². The number of ether oxygens (including phenoxy) is 1. The van der Waals surface area contributed by atoms with E-state index in [1.54, 1.807) is 0 Å². The largest absolute Gasteiger partial charge is 0.396 e. The zero-order valence-corrected chi connectivity index (χ0v) is 16.4. The Morgan fingerprint density at radius 3 is 2.57 bits per heavy atom. The maximum Gasteiger partial charge on any atom is 0.243 e. The number of fused-ring (bicyclic) bond motifs is 4. The van der Waals surface area contributed by atoms with Gasteiger partial charge in [-0.25, -0.2) is 0 Å². The number of aliphatic hydroxyl groups is 3. The zero-order chi connectivity index (χ0) is 20.1. The molecule has 2 bridgehead atoms. The van der Waals surface area contributed by atoms with E-state index in [1.807, 2.05) is 6.08 Å². The molecule has 7 heteroatoms. The van der Waals surface area contributed by atoms with Crippen LogP contribution in [0, 0.1) is 5.92 Å². The van der Waals surface area contributed by atoms with Gasteiger partial charge in [0, 0.05) is 13.0 Å². The van der Waals surface area contributed by atoms with Crippen molar-refractivity contribution in [3.05, 3.63) is 12.2 Å². The molecule has 158 valence electrons. The Hall–Kier alpha value is -1.28. The number of hydrogen-bond acceptors (Lipinski definition) is 6. The lowest BCUT2D eigenvalue weighted by atomic mass is 9.65. The first-order valence-electron chi connectivity index (χ1n) is 10.7. The van der Waals surface area contributed by atoms with E-state index >= 15 is 0 Å². The van der Waals surface area contributed by atoms with Crippen LogP contribution in [0.2, 0.25) is 0 Å². The third-order valence-electron chi connectivity index (χ3n) is 6.28. The molecule has 0 unspecified atom stereocenters. The second-order valence-electron chi connectivity index (χ2n) is 8.43. The Kier molecular flexibility index (Phi) is 7.25. The number of rotatable bonds is 11. The first-order chi connectivity index (χ1) is 13.5. The van der Waals surface area contributed by atoms with E-state index in [0.717, 1.165) is 44.9 Å². The molecule has 2 aliphatic carbocycles. The minimum absolute atomic E-state index is 0.000524. The highest BCUT2D eigenvalue weighted by Gasteiger charge is 2.68. The summed E-state index contributed by atoms with van der Waals surface area (Å²) in [6, 6.07) is -0.645. The number of aliphatic hydroxyl groups excluding tert-OH is 2. The highest BCUT2D eigenvalue weighted by molar-refractivity contribution is 5.94. The number of ketones is 1. The number of amides is 1. The maximum absolute atomic E-state index is 12.4. The molecule has 1 amide bonds. The van der Waals surface area contributed by atoms with Gasteiger partial charge in [0.25, 0.3) is 0 Å². The van der Waals surface area contributed by atoms with E-state index in [0.29, 0.717) is 6.42 Å². The number of nitrogens with one attached hydrogen (secondary N) is 1. The molecule has 6 atom stereocenters. The van der Waals surface area contributed by atoms with Gasteiger partial charge in [0.2, 0.25) is 5.91 Å². The van der Waals surface area contributed by atoms with Gasteiger partial charge in [-0.3, -0.25) is 9.59 Å². The number of allylic oxidation sites excluding steroid dienone is 1. The summed E-state index contributed by atoms with van der Waals surface area (Å²) in [7, 11) is 0. The summed E-state index contributed by atoms with van der Waals surface area (Å²) in [5.41, 5.74) is -1.58. The standard InChI is InChI=1S/C21H33NO6/c23-11-9-7-5-3-1-2-4-6-8-10-17(24)22-15-13-21(27)19(26)14(18(15)25)12-16-20(21)28-16/h8,10,14-16,18,20,23,25,27H,1-7,9,11-13H2,(H,22,24)/b10-8+/t14-,15+,16+,18-,20+,21-/m1/s1. The lowest BCUT2D eigenvalue weighted by molar-refractivity contribution is -0.162. The monoisotopic (exact) mass is 395 g/mol. The molecule has 2 saturated carbocycles. The van der Waals surface area contributed by atoms with Gasteiger partial charge >= 0.3 is 0 Å². The van der Waals surface area contributed by atoms with Gasteiger partial charge in [-0.05, 0) is 31.8 Å². The highest BCUT2D eigenvalue weighted by Crippen LogP contribution is 2.50. The van der Waals surface area contributed by atoms with Crippen LogP contribution in [0.25, 0.3) is 0 Å². The van der Waals surface area contributed by atoms with Crippen molar-refractivity contribution in [1.82, 2.24) is 5.32 Å². The lowest BCUT2D eigenvalue weighted by Crippen LogP contribution is -2.66. The Morgan fingerprint density at radius 2 is 1.86 bits per heavy atom.